The molecule has 206 valence electrons. The number of hydrogen-bond acceptors (Lipinski definition) is 0. The molecule has 4 heteroatoms. The Labute approximate surface area is 247 Å². The number of benzene rings is 2. The van der Waals surface area contributed by atoms with Crippen molar-refractivity contribution < 1.29 is 17.4 Å². The van der Waals surface area contributed by atoms with Crippen molar-refractivity contribution in [2.45, 2.75) is 69.2 Å². The van der Waals surface area contributed by atoms with E-state index in [1.807, 2.05) is 0 Å². The van der Waals surface area contributed by atoms with E-state index in [9.17, 15) is 0 Å². The summed E-state index contributed by atoms with van der Waals surface area (Å²) in [6, 6.07) is 23.4. The zero-order valence-corrected chi connectivity index (χ0v) is 30.6. The molecule has 0 bridgehead atoms. The van der Waals surface area contributed by atoms with Gasteiger partial charge in [0.1, 0.15) is 0 Å². The Hall–Kier alpha value is -0.920. The van der Waals surface area contributed by atoms with Crippen LogP contribution in [0.15, 0.2) is 102 Å². The van der Waals surface area contributed by atoms with E-state index in [1.165, 1.54) is 11.1 Å². The topological polar surface area (TPSA) is 0 Å². The molecule has 0 spiro atoms. The van der Waals surface area contributed by atoms with E-state index in [1.54, 1.807) is 24.3 Å². The summed E-state index contributed by atoms with van der Waals surface area (Å²) in [5.74, 6) is 0.850. The van der Waals surface area contributed by atoms with Gasteiger partial charge in [0.2, 0.25) is 0 Å². The molecule has 0 amide bonds. The maximum absolute atomic E-state index is 4.36. The third kappa shape index (κ3) is 4.91. The van der Waals surface area contributed by atoms with Gasteiger partial charge in [0, 0.05) is 0 Å². The second-order valence-corrected chi connectivity index (χ2v) is 34.5. The van der Waals surface area contributed by atoms with E-state index < -0.39 is 17.4 Å². The van der Waals surface area contributed by atoms with Crippen molar-refractivity contribution in [3.63, 3.8) is 0 Å². The monoisotopic (exact) mass is 644 g/mol. The molecule has 0 aromatic heterocycles. The van der Waals surface area contributed by atoms with Gasteiger partial charge in [-0.15, -0.1) is 24.8 Å². The smallest absolute Gasteiger partial charge is 0.147 e. The number of rotatable bonds is 4. The van der Waals surface area contributed by atoms with Gasteiger partial charge in [-0.05, 0) is 0 Å². The van der Waals surface area contributed by atoms with Gasteiger partial charge in [-0.1, -0.05) is 0 Å². The zero-order chi connectivity index (χ0) is 26.7. The Balaban J connectivity index is 0.00000253. The molecular weight excluding hydrogens is 599 g/mol. The molecule has 0 aliphatic heterocycles. The molecule has 0 nitrogen and oxygen atoms in total. The summed E-state index contributed by atoms with van der Waals surface area (Å²) in [4.78, 5) is 0. The normalized spacial score (nSPS) is 20.6. The van der Waals surface area contributed by atoms with Crippen molar-refractivity contribution in [1.29, 1.82) is 0 Å². The SMILES string of the molecule is CC1=[C]([Zr](=[SiH2])([C]2=C(C)C(C(C)(C)C)=CC2C)([c]2ccccc2)[c]2ccccc2)C(C)C=C1C(C)(C)C.Cl.Cl. The first-order valence-electron chi connectivity index (χ1n) is 13.7. The van der Waals surface area contributed by atoms with Crippen molar-refractivity contribution in [2.75, 3.05) is 0 Å². The molecule has 38 heavy (non-hydrogen) atoms. The van der Waals surface area contributed by atoms with Crippen LogP contribution in [0.5, 0.6) is 0 Å². The molecule has 2 unspecified atom stereocenters. The third-order valence-electron chi connectivity index (χ3n) is 8.99. The van der Waals surface area contributed by atoms with Gasteiger partial charge >= 0.3 is 224 Å². The summed E-state index contributed by atoms with van der Waals surface area (Å²) in [6.07, 6.45) is 5.21. The molecule has 2 atom stereocenters. The van der Waals surface area contributed by atoms with Crippen LogP contribution >= 0.6 is 24.8 Å². The maximum atomic E-state index is 2.60. The Morgan fingerprint density at radius 3 is 1.11 bits per heavy atom. The first-order valence-corrected chi connectivity index (χ1v) is 24.5. The molecule has 0 heterocycles. The van der Waals surface area contributed by atoms with Gasteiger partial charge < -0.3 is 0 Å². The van der Waals surface area contributed by atoms with Crippen LogP contribution in [0.4, 0.5) is 0 Å². The largest absolute Gasteiger partial charge is 0.147 e. The first-order chi connectivity index (χ1) is 16.6. The third-order valence-corrected chi connectivity index (χ3v) is 36.2. The molecule has 0 saturated carbocycles. The van der Waals surface area contributed by atoms with Crippen molar-refractivity contribution in [3.8, 4) is 0 Å². The fourth-order valence-corrected chi connectivity index (χ4v) is 36.9. The molecule has 0 radical (unpaired) electrons. The van der Waals surface area contributed by atoms with Gasteiger partial charge in [0.25, 0.3) is 0 Å². The van der Waals surface area contributed by atoms with Crippen molar-refractivity contribution in [3.05, 3.63) is 102 Å². The summed E-state index contributed by atoms with van der Waals surface area (Å²) in [5.41, 5.74) is 6.45. The molecule has 0 fully saturated rings. The van der Waals surface area contributed by atoms with Crippen LogP contribution in [-0.4, -0.2) is 6.88 Å². The van der Waals surface area contributed by atoms with Crippen molar-refractivity contribution >= 4 is 38.2 Å². The van der Waals surface area contributed by atoms with Gasteiger partial charge in [-0.3, -0.25) is 0 Å². The zero-order valence-electron chi connectivity index (χ0n) is 25.1. The molecule has 2 aliphatic carbocycles. The van der Waals surface area contributed by atoms with E-state index in [4.69, 9.17) is 0 Å². The molecule has 2 aliphatic rings. The second kappa shape index (κ2) is 11.2. The van der Waals surface area contributed by atoms with Gasteiger partial charge in [-0.25, -0.2) is 0 Å². The Morgan fingerprint density at radius 1 is 0.579 bits per heavy atom. The Bertz CT molecular complexity index is 1270. The molecule has 0 saturated heterocycles. The molecule has 4 rings (SSSR count). The predicted octanol–water partition coefficient (Wildman–Crippen LogP) is 8.51. The maximum Gasteiger partial charge on any atom is -0.147 e. The summed E-state index contributed by atoms with van der Waals surface area (Å²) in [6.45, 7) is 26.6. The minimum Gasteiger partial charge on any atom is -0.147 e. The van der Waals surface area contributed by atoms with E-state index in [-0.39, 0.29) is 35.6 Å². The van der Waals surface area contributed by atoms with Crippen LogP contribution in [0.2, 0.25) is 0 Å². The molecule has 2 aromatic rings. The molecule has 0 N–H and O–H groups in total. The van der Waals surface area contributed by atoms with E-state index in [0.29, 0.717) is 11.8 Å². The summed E-state index contributed by atoms with van der Waals surface area (Å²) >= 11 is -4.36. The summed E-state index contributed by atoms with van der Waals surface area (Å²) in [7, 11) is 0. The standard InChI is InChI=1S/2C11H17.2C6H5.2ClH.H2Si.Zr/c2*1-8-6-9(2)10(7-8)11(3,4)5;2*1-2-4-6-5-3-1;;;;/h2*7-8H,1-5H3;2*1-5H;2*1H;1H2;. The summed E-state index contributed by atoms with van der Waals surface area (Å²) < 4.78 is 6.67. The van der Waals surface area contributed by atoms with Gasteiger partial charge in [0.05, 0.1) is 0 Å². The minimum atomic E-state index is -4.36. The van der Waals surface area contributed by atoms with Crippen LogP contribution in [0, 0.1) is 22.7 Å². The van der Waals surface area contributed by atoms with Crippen LogP contribution < -0.4 is 6.54 Å². The fourth-order valence-electron chi connectivity index (χ4n) is 7.89. The van der Waals surface area contributed by atoms with Crippen LogP contribution in [0.1, 0.15) is 69.2 Å². The quantitative estimate of drug-likeness (QED) is 0.292. The van der Waals surface area contributed by atoms with Crippen LogP contribution in [0.25, 0.3) is 0 Å². The van der Waals surface area contributed by atoms with Crippen molar-refractivity contribution in [1.82, 2.24) is 0 Å². The second-order valence-electron chi connectivity index (χ2n) is 13.5. The van der Waals surface area contributed by atoms with E-state index >= 15 is 0 Å². The molecule has 2 aromatic carbocycles. The number of allylic oxidation sites excluding steroid dienone is 8. The van der Waals surface area contributed by atoms with E-state index in [2.05, 4.69) is 149 Å². The Morgan fingerprint density at radius 2 is 0.868 bits per heavy atom. The predicted molar refractivity (Wildman–Crippen MR) is 174 cm³/mol. The summed E-state index contributed by atoms with van der Waals surface area (Å²) in [5, 5.41) is 0. The Kier molecular flexibility index (Phi) is 9.77. The van der Waals surface area contributed by atoms with Gasteiger partial charge in [-0.2, -0.15) is 0 Å². The van der Waals surface area contributed by atoms with E-state index in [0.717, 1.165) is 0 Å². The number of hydrogen-bond donors (Lipinski definition) is 0. The van der Waals surface area contributed by atoms with Crippen LogP contribution in [0.3, 0.4) is 0 Å². The first kappa shape index (κ1) is 33.3. The average molecular weight is 647 g/mol. The van der Waals surface area contributed by atoms with Crippen molar-refractivity contribution in [2.24, 2.45) is 22.7 Å². The average Bonchev–Trinajstić information content (AvgIpc) is 3.30. The fraction of sp³-hybridized carbons (Fsp3) is 0.412. The van der Waals surface area contributed by atoms with Crippen LogP contribution in [-0.2, 0) is 17.4 Å². The number of halogens is 2. The minimum absolute atomic E-state index is 0. The van der Waals surface area contributed by atoms with Gasteiger partial charge in [0.15, 0.2) is 0 Å². The molecular formula is C34H48Cl2SiZr.